The molecule has 0 spiro atoms. The monoisotopic (exact) mass is 205 g/mol. The van der Waals surface area contributed by atoms with Crippen molar-refractivity contribution >= 4 is 16.7 Å². The van der Waals surface area contributed by atoms with Gasteiger partial charge in [-0.1, -0.05) is 6.07 Å². The molecule has 0 aliphatic heterocycles. The number of nitrogen functional groups attached to an aromatic ring is 1. The van der Waals surface area contributed by atoms with Crippen LogP contribution in [0.5, 0.6) is 0 Å². The fraction of sp³-hybridized carbons (Fsp3) is 0.182. The van der Waals surface area contributed by atoms with Crippen LogP contribution >= 0.6 is 0 Å². The van der Waals surface area contributed by atoms with Crippen LogP contribution in [-0.2, 0) is 0 Å². The van der Waals surface area contributed by atoms with Crippen LogP contribution in [0.4, 0.5) is 10.2 Å². The molecule has 2 aromatic rings. The molecule has 1 heterocycles. The third kappa shape index (κ3) is 1.53. The Balaban J connectivity index is 2.86. The van der Waals surface area contributed by atoms with Gasteiger partial charge in [0.15, 0.2) is 0 Å². The Morgan fingerprint density at radius 1 is 1.27 bits per heavy atom. The number of benzene rings is 1. The van der Waals surface area contributed by atoms with Gasteiger partial charge in [0, 0.05) is 5.39 Å². The number of hydrazine groups is 1. The van der Waals surface area contributed by atoms with Crippen LogP contribution in [0.25, 0.3) is 10.9 Å². The van der Waals surface area contributed by atoms with Crippen molar-refractivity contribution in [2.24, 2.45) is 5.84 Å². The fourth-order valence-corrected chi connectivity index (χ4v) is 1.61. The summed E-state index contributed by atoms with van der Waals surface area (Å²) in [7, 11) is 0. The highest BCUT2D eigenvalue weighted by molar-refractivity contribution is 5.85. The molecule has 0 saturated carbocycles. The molecule has 15 heavy (non-hydrogen) atoms. The normalized spacial score (nSPS) is 10.7. The molecule has 78 valence electrons. The summed E-state index contributed by atoms with van der Waals surface area (Å²) in [5.74, 6) is 5.47. The van der Waals surface area contributed by atoms with E-state index in [1.807, 2.05) is 19.9 Å². The van der Waals surface area contributed by atoms with Gasteiger partial charge in [-0.05, 0) is 37.1 Å². The summed E-state index contributed by atoms with van der Waals surface area (Å²) < 4.78 is 13.5. The van der Waals surface area contributed by atoms with E-state index in [-0.39, 0.29) is 5.82 Å². The topological polar surface area (TPSA) is 50.9 Å². The van der Waals surface area contributed by atoms with Gasteiger partial charge in [-0.2, -0.15) is 0 Å². The maximum absolute atomic E-state index is 13.5. The van der Waals surface area contributed by atoms with Crippen LogP contribution in [0.1, 0.15) is 11.1 Å². The van der Waals surface area contributed by atoms with Gasteiger partial charge in [0.2, 0.25) is 0 Å². The maximum atomic E-state index is 13.5. The second-order valence-electron chi connectivity index (χ2n) is 3.56. The zero-order valence-electron chi connectivity index (χ0n) is 8.63. The summed E-state index contributed by atoms with van der Waals surface area (Å²) in [6.07, 6.45) is 0. The average molecular weight is 205 g/mol. The predicted octanol–water partition coefficient (Wildman–Crippen LogP) is 2.28. The lowest BCUT2D eigenvalue weighted by Crippen LogP contribution is -2.10. The van der Waals surface area contributed by atoms with Gasteiger partial charge in [-0.15, -0.1) is 0 Å². The number of fused-ring (bicyclic) bond motifs is 1. The van der Waals surface area contributed by atoms with Gasteiger partial charge in [-0.3, -0.25) is 0 Å². The van der Waals surface area contributed by atoms with E-state index in [0.717, 1.165) is 16.5 Å². The molecule has 0 aliphatic carbocycles. The van der Waals surface area contributed by atoms with E-state index in [4.69, 9.17) is 5.84 Å². The molecule has 0 bridgehead atoms. The molecule has 0 saturated heterocycles. The fourth-order valence-electron chi connectivity index (χ4n) is 1.61. The molecule has 0 amide bonds. The number of hydrogen-bond acceptors (Lipinski definition) is 3. The Bertz CT molecular complexity index is 523. The molecule has 0 unspecified atom stereocenters. The molecule has 1 aromatic carbocycles. The quantitative estimate of drug-likeness (QED) is 0.554. The first-order valence-corrected chi connectivity index (χ1v) is 4.66. The minimum Gasteiger partial charge on any atom is -0.308 e. The van der Waals surface area contributed by atoms with Crippen molar-refractivity contribution in [1.82, 2.24) is 4.98 Å². The Labute approximate surface area is 87.1 Å². The van der Waals surface area contributed by atoms with Crippen molar-refractivity contribution < 1.29 is 4.39 Å². The summed E-state index contributed by atoms with van der Waals surface area (Å²) in [5, 5.41) is 0.825. The number of rotatable bonds is 1. The lowest BCUT2D eigenvalue weighted by molar-refractivity contribution is 0.636. The van der Waals surface area contributed by atoms with Crippen molar-refractivity contribution in [3.8, 4) is 0 Å². The van der Waals surface area contributed by atoms with Crippen LogP contribution in [-0.4, -0.2) is 4.98 Å². The van der Waals surface area contributed by atoms with E-state index in [9.17, 15) is 4.39 Å². The molecule has 0 radical (unpaired) electrons. The largest absolute Gasteiger partial charge is 0.308 e. The highest BCUT2D eigenvalue weighted by Crippen LogP contribution is 2.24. The number of pyridine rings is 1. The van der Waals surface area contributed by atoms with E-state index in [1.54, 1.807) is 6.07 Å². The zero-order valence-corrected chi connectivity index (χ0v) is 8.63. The Morgan fingerprint density at radius 3 is 2.67 bits per heavy atom. The standard InChI is InChI=1S/C11H12FN3/c1-6-3-4-9(12)10-8(6)5-7(2)11(14-10)15-13/h3-5H,13H2,1-2H3,(H,14,15). The second-order valence-corrected chi connectivity index (χ2v) is 3.56. The average Bonchev–Trinajstić information content (AvgIpc) is 2.23. The van der Waals surface area contributed by atoms with Crippen LogP contribution in [0.2, 0.25) is 0 Å². The smallest absolute Gasteiger partial charge is 0.149 e. The number of nitrogens with two attached hydrogens (primary N) is 1. The lowest BCUT2D eigenvalue weighted by Gasteiger charge is -2.08. The van der Waals surface area contributed by atoms with Crippen molar-refractivity contribution in [1.29, 1.82) is 0 Å². The number of anilines is 1. The van der Waals surface area contributed by atoms with E-state index < -0.39 is 0 Å². The zero-order chi connectivity index (χ0) is 11.0. The number of hydrogen-bond donors (Lipinski definition) is 2. The molecule has 4 heteroatoms. The molecular formula is C11H12FN3. The molecule has 0 fully saturated rings. The summed E-state index contributed by atoms with van der Waals surface area (Å²) in [5.41, 5.74) is 4.72. The Morgan fingerprint density at radius 2 is 2.00 bits per heavy atom. The van der Waals surface area contributed by atoms with Crippen LogP contribution in [0.15, 0.2) is 18.2 Å². The van der Waals surface area contributed by atoms with Gasteiger partial charge >= 0.3 is 0 Å². The van der Waals surface area contributed by atoms with Gasteiger partial charge in [0.1, 0.15) is 17.2 Å². The Kier molecular flexibility index (Phi) is 2.28. The van der Waals surface area contributed by atoms with Gasteiger partial charge in [0.25, 0.3) is 0 Å². The van der Waals surface area contributed by atoms with E-state index in [2.05, 4.69) is 10.4 Å². The van der Waals surface area contributed by atoms with Crippen molar-refractivity contribution in [2.75, 3.05) is 5.43 Å². The number of aryl methyl sites for hydroxylation is 2. The molecule has 3 N–H and O–H groups in total. The third-order valence-corrected chi connectivity index (χ3v) is 2.48. The van der Waals surface area contributed by atoms with E-state index in [1.165, 1.54) is 6.07 Å². The van der Waals surface area contributed by atoms with Gasteiger partial charge < -0.3 is 5.43 Å². The second kappa shape index (κ2) is 3.47. The SMILES string of the molecule is Cc1cc2c(C)ccc(F)c2nc1NN. The van der Waals surface area contributed by atoms with Crippen LogP contribution < -0.4 is 11.3 Å². The molecule has 3 nitrogen and oxygen atoms in total. The van der Waals surface area contributed by atoms with Crippen LogP contribution in [0.3, 0.4) is 0 Å². The number of nitrogens with zero attached hydrogens (tertiary/aromatic N) is 1. The predicted molar refractivity (Wildman–Crippen MR) is 59.0 cm³/mol. The molecular weight excluding hydrogens is 193 g/mol. The minimum atomic E-state index is -0.327. The van der Waals surface area contributed by atoms with Crippen molar-refractivity contribution in [3.05, 3.63) is 35.1 Å². The maximum Gasteiger partial charge on any atom is 0.149 e. The summed E-state index contributed by atoms with van der Waals surface area (Å²) in [6.45, 7) is 3.81. The first-order valence-electron chi connectivity index (χ1n) is 4.66. The van der Waals surface area contributed by atoms with Gasteiger partial charge in [0.05, 0.1) is 0 Å². The first kappa shape index (κ1) is 9.86. The van der Waals surface area contributed by atoms with Gasteiger partial charge in [-0.25, -0.2) is 15.2 Å². The number of aromatic nitrogens is 1. The highest BCUT2D eigenvalue weighted by atomic mass is 19.1. The van der Waals surface area contributed by atoms with Crippen molar-refractivity contribution in [3.63, 3.8) is 0 Å². The molecule has 1 aromatic heterocycles. The third-order valence-electron chi connectivity index (χ3n) is 2.48. The molecule has 2 rings (SSSR count). The number of nitrogens with one attached hydrogen (secondary N) is 1. The minimum absolute atomic E-state index is 0.327. The highest BCUT2D eigenvalue weighted by Gasteiger charge is 2.08. The molecule has 0 atom stereocenters. The number of halogens is 1. The van der Waals surface area contributed by atoms with Crippen molar-refractivity contribution in [2.45, 2.75) is 13.8 Å². The first-order chi connectivity index (χ1) is 7.13. The lowest BCUT2D eigenvalue weighted by atomic mass is 10.1. The molecule has 0 aliphatic rings. The summed E-state index contributed by atoms with van der Waals surface area (Å²) in [4.78, 5) is 4.14. The van der Waals surface area contributed by atoms with E-state index >= 15 is 0 Å². The Hall–Kier alpha value is -1.68. The summed E-state index contributed by atoms with van der Waals surface area (Å²) >= 11 is 0. The van der Waals surface area contributed by atoms with Crippen LogP contribution in [0, 0.1) is 19.7 Å². The van der Waals surface area contributed by atoms with E-state index in [0.29, 0.717) is 11.3 Å². The summed E-state index contributed by atoms with van der Waals surface area (Å²) in [6, 6.07) is 5.05.